The van der Waals surface area contributed by atoms with E-state index in [9.17, 15) is 0 Å². The van der Waals surface area contributed by atoms with E-state index >= 15 is 0 Å². The molecule has 0 aromatic carbocycles. The molecule has 5 nitrogen and oxygen atoms in total. The molecule has 5 heteroatoms. The first-order valence-electron chi connectivity index (χ1n) is 5.66. The van der Waals surface area contributed by atoms with Gasteiger partial charge in [-0.25, -0.2) is 0 Å². The number of piperidine rings is 1. The van der Waals surface area contributed by atoms with Crippen LogP contribution < -0.4 is 10.6 Å². The molecule has 0 spiro atoms. The molecule has 82 valence electrons. The van der Waals surface area contributed by atoms with Gasteiger partial charge in [0.1, 0.15) is 0 Å². The van der Waals surface area contributed by atoms with Gasteiger partial charge < -0.3 is 15.2 Å². The average molecular weight is 208 g/mol. The van der Waals surface area contributed by atoms with Gasteiger partial charge in [-0.3, -0.25) is 0 Å². The summed E-state index contributed by atoms with van der Waals surface area (Å²) in [4.78, 5) is 6.57. The molecular formula is C10H16N4O. The summed E-state index contributed by atoms with van der Waals surface area (Å²) in [5, 5.41) is 4.01. The maximum atomic E-state index is 6.00. The quantitative estimate of drug-likeness (QED) is 0.785. The van der Waals surface area contributed by atoms with Crippen LogP contribution in [0.2, 0.25) is 0 Å². The number of nitrogens with two attached hydrogens (primary N) is 1. The lowest BCUT2D eigenvalue weighted by Gasteiger charge is -2.24. The Labute approximate surface area is 88.6 Å². The SMILES string of the molecule is NC1(c2nc(N3CCCCC3)no2)CC1. The van der Waals surface area contributed by atoms with E-state index in [1.54, 1.807) is 0 Å². The van der Waals surface area contributed by atoms with Gasteiger partial charge in [-0.05, 0) is 37.3 Å². The predicted molar refractivity (Wildman–Crippen MR) is 55.5 cm³/mol. The second kappa shape index (κ2) is 3.20. The van der Waals surface area contributed by atoms with Gasteiger partial charge in [-0.2, -0.15) is 4.98 Å². The standard InChI is InChI=1S/C10H16N4O/c11-10(4-5-10)8-12-9(13-15-8)14-6-2-1-3-7-14/h1-7,11H2. The smallest absolute Gasteiger partial charge is 0.266 e. The summed E-state index contributed by atoms with van der Waals surface area (Å²) in [6, 6.07) is 0. The van der Waals surface area contributed by atoms with Crippen molar-refractivity contribution in [3.05, 3.63) is 5.89 Å². The Morgan fingerprint density at radius 2 is 1.93 bits per heavy atom. The van der Waals surface area contributed by atoms with Crippen molar-refractivity contribution in [2.24, 2.45) is 5.73 Å². The fourth-order valence-electron chi connectivity index (χ4n) is 1.99. The Morgan fingerprint density at radius 3 is 2.60 bits per heavy atom. The molecule has 1 aliphatic heterocycles. The minimum atomic E-state index is -0.305. The molecule has 1 aromatic heterocycles. The van der Waals surface area contributed by atoms with Crippen LogP contribution in [0, 0.1) is 0 Å². The topological polar surface area (TPSA) is 68.2 Å². The Morgan fingerprint density at radius 1 is 1.20 bits per heavy atom. The first-order chi connectivity index (χ1) is 7.28. The summed E-state index contributed by atoms with van der Waals surface area (Å²) in [5.41, 5.74) is 5.69. The number of anilines is 1. The molecular weight excluding hydrogens is 192 g/mol. The number of rotatable bonds is 2. The van der Waals surface area contributed by atoms with Crippen LogP contribution in [0.5, 0.6) is 0 Å². The lowest BCUT2D eigenvalue weighted by molar-refractivity contribution is 0.346. The fourth-order valence-corrected chi connectivity index (χ4v) is 1.99. The minimum absolute atomic E-state index is 0.305. The van der Waals surface area contributed by atoms with Crippen molar-refractivity contribution in [2.75, 3.05) is 18.0 Å². The van der Waals surface area contributed by atoms with Crippen molar-refractivity contribution in [1.29, 1.82) is 0 Å². The van der Waals surface area contributed by atoms with Crippen molar-refractivity contribution in [1.82, 2.24) is 10.1 Å². The zero-order chi connectivity index (χ0) is 10.3. The highest BCUT2D eigenvalue weighted by molar-refractivity contribution is 5.30. The van der Waals surface area contributed by atoms with E-state index in [0.29, 0.717) is 5.89 Å². The van der Waals surface area contributed by atoms with E-state index in [0.717, 1.165) is 31.9 Å². The number of hydrogen-bond donors (Lipinski definition) is 1. The van der Waals surface area contributed by atoms with Crippen LogP contribution in [0.15, 0.2) is 4.52 Å². The molecule has 0 unspecified atom stereocenters. The Kier molecular flexibility index (Phi) is 1.95. The number of aromatic nitrogens is 2. The van der Waals surface area contributed by atoms with Crippen molar-refractivity contribution < 1.29 is 4.52 Å². The Hall–Kier alpha value is -1.10. The van der Waals surface area contributed by atoms with Crippen LogP contribution in [0.25, 0.3) is 0 Å². The molecule has 0 amide bonds. The Balaban J connectivity index is 1.77. The zero-order valence-electron chi connectivity index (χ0n) is 8.78. The van der Waals surface area contributed by atoms with Gasteiger partial charge in [0, 0.05) is 13.1 Å². The molecule has 2 heterocycles. The second-order valence-electron chi connectivity index (χ2n) is 4.60. The van der Waals surface area contributed by atoms with Crippen LogP contribution >= 0.6 is 0 Å². The van der Waals surface area contributed by atoms with Crippen LogP contribution in [0.4, 0.5) is 5.95 Å². The van der Waals surface area contributed by atoms with Gasteiger partial charge in [0.05, 0.1) is 5.54 Å². The summed E-state index contributed by atoms with van der Waals surface area (Å²) >= 11 is 0. The minimum Gasteiger partial charge on any atom is -0.338 e. The summed E-state index contributed by atoms with van der Waals surface area (Å²) in [7, 11) is 0. The molecule has 2 aliphatic rings. The molecule has 2 N–H and O–H groups in total. The first kappa shape index (κ1) is 9.15. The summed E-state index contributed by atoms with van der Waals surface area (Å²) in [6.45, 7) is 2.08. The number of nitrogens with zero attached hydrogens (tertiary/aromatic N) is 3. The molecule has 0 atom stereocenters. The van der Waals surface area contributed by atoms with E-state index in [1.807, 2.05) is 0 Å². The lowest BCUT2D eigenvalue weighted by Crippen LogP contribution is -2.30. The monoisotopic (exact) mass is 208 g/mol. The van der Waals surface area contributed by atoms with Gasteiger partial charge in [-0.1, -0.05) is 0 Å². The highest BCUT2D eigenvalue weighted by Crippen LogP contribution is 2.42. The first-order valence-corrected chi connectivity index (χ1v) is 5.66. The third kappa shape index (κ3) is 1.61. The van der Waals surface area contributed by atoms with E-state index in [-0.39, 0.29) is 5.54 Å². The molecule has 1 saturated heterocycles. The van der Waals surface area contributed by atoms with E-state index in [2.05, 4.69) is 15.0 Å². The average Bonchev–Trinajstić information content (AvgIpc) is 2.85. The summed E-state index contributed by atoms with van der Waals surface area (Å²) in [5.74, 6) is 1.34. The van der Waals surface area contributed by atoms with Gasteiger partial charge >= 0.3 is 0 Å². The highest BCUT2D eigenvalue weighted by Gasteiger charge is 2.45. The van der Waals surface area contributed by atoms with Crippen molar-refractivity contribution >= 4 is 5.95 Å². The maximum Gasteiger partial charge on any atom is 0.266 e. The fraction of sp³-hybridized carbons (Fsp3) is 0.800. The third-order valence-corrected chi connectivity index (χ3v) is 3.27. The van der Waals surface area contributed by atoms with Crippen LogP contribution in [0.3, 0.4) is 0 Å². The normalized spacial score (nSPS) is 24.2. The van der Waals surface area contributed by atoms with Crippen LogP contribution in [0.1, 0.15) is 38.0 Å². The van der Waals surface area contributed by atoms with Crippen molar-refractivity contribution in [3.63, 3.8) is 0 Å². The Bertz CT molecular complexity index is 352. The van der Waals surface area contributed by atoms with Gasteiger partial charge in [-0.15, -0.1) is 0 Å². The van der Waals surface area contributed by atoms with Crippen molar-refractivity contribution in [2.45, 2.75) is 37.6 Å². The molecule has 0 bridgehead atoms. The second-order valence-corrected chi connectivity index (χ2v) is 4.60. The van der Waals surface area contributed by atoms with E-state index in [4.69, 9.17) is 10.3 Å². The molecule has 15 heavy (non-hydrogen) atoms. The largest absolute Gasteiger partial charge is 0.338 e. The summed E-state index contributed by atoms with van der Waals surface area (Å²) < 4.78 is 5.22. The highest BCUT2D eigenvalue weighted by atomic mass is 16.5. The molecule has 1 saturated carbocycles. The number of hydrogen-bond acceptors (Lipinski definition) is 5. The third-order valence-electron chi connectivity index (χ3n) is 3.27. The van der Waals surface area contributed by atoms with Gasteiger partial charge in [0.15, 0.2) is 0 Å². The van der Waals surface area contributed by atoms with Crippen LogP contribution in [-0.2, 0) is 5.54 Å². The van der Waals surface area contributed by atoms with E-state index < -0.39 is 0 Å². The van der Waals surface area contributed by atoms with Crippen LogP contribution in [-0.4, -0.2) is 23.2 Å². The molecule has 0 radical (unpaired) electrons. The maximum absolute atomic E-state index is 6.00. The van der Waals surface area contributed by atoms with Gasteiger partial charge in [0.25, 0.3) is 5.95 Å². The summed E-state index contributed by atoms with van der Waals surface area (Å²) in [6.07, 6.45) is 5.68. The molecule has 1 aliphatic carbocycles. The molecule has 3 rings (SSSR count). The zero-order valence-corrected chi connectivity index (χ0v) is 8.78. The van der Waals surface area contributed by atoms with E-state index in [1.165, 1.54) is 19.3 Å². The lowest BCUT2D eigenvalue weighted by atomic mass is 10.1. The van der Waals surface area contributed by atoms with Gasteiger partial charge in [0.2, 0.25) is 5.89 Å². The molecule has 2 fully saturated rings. The predicted octanol–water partition coefficient (Wildman–Crippen LogP) is 1.01. The molecule has 1 aromatic rings. The van der Waals surface area contributed by atoms with Crippen molar-refractivity contribution in [3.8, 4) is 0 Å².